The molecule has 1 N–H and O–H groups in total. The number of sulfonamides is 1. The second kappa shape index (κ2) is 9.44. The van der Waals surface area contributed by atoms with Gasteiger partial charge in [-0.25, -0.2) is 8.42 Å². The van der Waals surface area contributed by atoms with E-state index in [1.54, 1.807) is 36.4 Å². The Balaban J connectivity index is 2.41. The highest BCUT2D eigenvalue weighted by Gasteiger charge is 2.28. The molecule has 0 fully saturated rings. The largest absolute Gasteiger partial charge is 0.352 e. The zero-order valence-electron chi connectivity index (χ0n) is 18.1. The molecule has 5 nitrogen and oxygen atoms in total. The van der Waals surface area contributed by atoms with Gasteiger partial charge in [-0.15, -0.1) is 0 Å². The fraction of sp³-hybridized carbons (Fsp3) is 0.435. The predicted octanol–water partition coefficient (Wildman–Crippen LogP) is 4.47. The lowest BCUT2D eigenvalue weighted by Gasteiger charge is -2.26. The zero-order valence-corrected chi connectivity index (χ0v) is 19.0. The molecule has 1 unspecified atom stereocenters. The maximum absolute atomic E-state index is 13.4. The Bertz CT molecular complexity index is 918. The summed E-state index contributed by atoms with van der Waals surface area (Å²) in [4.78, 5) is 12.8. The third-order valence-corrected chi connectivity index (χ3v) is 6.92. The molecule has 158 valence electrons. The van der Waals surface area contributed by atoms with Crippen LogP contribution < -0.4 is 9.62 Å². The number of amides is 1. The molecule has 0 aliphatic heterocycles. The number of hydrogen-bond acceptors (Lipinski definition) is 3. The van der Waals surface area contributed by atoms with Crippen molar-refractivity contribution in [1.82, 2.24) is 5.32 Å². The van der Waals surface area contributed by atoms with E-state index >= 15 is 0 Å². The Kier molecular flexibility index (Phi) is 7.47. The van der Waals surface area contributed by atoms with E-state index in [-0.39, 0.29) is 29.3 Å². The molecule has 0 saturated heterocycles. The van der Waals surface area contributed by atoms with Crippen LogP contribution in [0.25, 0.3) is 0 Å². The van der Waals surface area contributed by atoms with Crippen LogP contribution in [0.2, 0.25) is 0 Å². The van der Waals surface area contributed by atoms with E-state index in [4.69, 9.17) is 0 Å². The van der Waals surface area contributed by atoms with Crippen molar-refractivity contribution in [1.29, 1.82) is 0 Å². The molecule has 0 aliphatic rings. The van der Waals surface area contributed by atoms with Gasteiger partial charge in [0.25, 0.3) is 10.0 Å². The quantitative estimate of drug-likeness (QED) is 0.690. The number of hydrogen-bond donors (Lipinski definition) is 1. The van der Waals surface area contributed by atoms with E-state index in [0.717, 1.165) is 11.1 Å². The Hall–Kier alpha value is -2.34. The molecule has 0 saturated carbocycles. The molecule has 2 aromatic rings. The van der Waals surface area contributed by atoms with Gasteiger partial charge in [-0.05, 0) is 55.5 Å². The summed E-state index contributed by atoms with van der Waals surface area (Å²) in [7, 11) is -3.88. The summed E-state index contributed by atoms with van der Waals surface area (Å²) in [5, 5.41) is 2.90. The highest BCUT2D eigenvalue weighted by Crippen LogP contribution is 2.26. The molecule has 2 aromatic carbocycles. The van der Waals surface area contributed by atoms with Crippen molar-refractivity contribution in [2.45, 2.75) is 58.4 Å². The first-order chi connectivity index (χ1) is 13.5. The number of aryl methyl sites for hydroxylation is 1. The Morgan fingerprint density at radius 2 is 1.48 bits per heavy atom. The number of anilines is 1. The normalized spacial score (nSPS) is 12.8. The summed E-state index contributed by atoms with van der Waals surface area (Å²) >= 11 is 0. The van der Waals surface area contributed by atoms with Crippen LogP contribution in [0.3, 0.4) is 0 Å². The summed E-state index contributed by atoms with van der Waals surface area (Å²) in [6.45, 7) is 11.7. The van der Waals surface area contributed by atoms with Crippen LogP contribution in [0.4, 0.5) is 5.69 Å². The Labute approximate surface area is 175 Å². The van der Waals surface area contributed by atoms with Crippen molar-refractivity contribution in [2.75, 3.05) is 10.8 Å². The van der Waals surface area contributed by atoms with Gasteiger partial charge in [0.15, 0.2) is 0 Å². The molecule has 2 rings (SSSR count). The number of nitrogens with zero attached hydrogens (tertiary/aromatic N) is 1. The molecule has 29 heavy (non-hydrogen) atoms. The third kappa shape index (κ3) is 5.82. The molecule has 0 spiro atoms. The number of carbonyl (C=O) groups excluding carboxylic acids is 1. The second-order valence-electron chi connectivity index (χ2n) is 8.17. The Morgan fingerprint density at radius 1 is 0.931 bits per heavy atom. The summed E-state index contributed by atoms with van der Waals surface area (Å²) < 4.78 is 27.9. The molecule has 6 heteroatoms. The molecule has 0 radical (unpaired) electrons. The SMILES string of the molecule is Cc1ccc(S(=O)(=O)N(CC(=O)NC(C)C(C)C)c2ccc(C(C)C)cc2)cc1. The van der Waals surface area contributed by atoms with E-state index < -0.39 is 10.0 Å². The van der Waals surface area contributed by atoms with Gasteiger partial charge in [0.2, 0.25) is 5.91 Å². The van der Waals surface area contributed by atoms with Crippen molar-refractivity contribution < 1.29 is 13.2 Å². The van der Waals surface area contributed by atoms with E-state index in [1.807, 2.05) is 39.8 Å². The van der Waals surface area contributed by atoms with Gasteiger partial charge in [0.1, 0.15) is 6.54 Å². The first kappa shape index (κ1) is 22.9. The summed E-state index contributed by atoms with van der Waals surface area (Å²) in [5.41, 5.74) is 2.56. The monoisotopic (exact) mass is 416 g/mol. The van der Waals surface area contributed by atoms with E-state index in [2.05, 4.69) is 19.2 Å². The van der Waals surface area contributed by atoms with Gasteiger partial charge in [-0.2, -0.15) is 0 Å². The lowest BCUT2D eigenvalue weighted by atomic mass is 10.0. The minimum absolute atomic E-state index is 0.0465. The average molecular weight is 417 g/mol. The minimum atomic E-state index is -3.88. The third-order valence-electron chi connectivity index (χ3n) is 5.13. The van der Waals surface area contributed by atoms with Gasteiger partial charge in [0.05, 0.1) is 10.6 Å². The lowest BCUT2D eigenvalue weighted by molar-refractivity contribution is -0.120. The fourth-order valence-corrected chi connectivity index (χ4v) is 4.20. The van der Waals surface area contributed by atoms with Crippen LogP contribution >= 0.6 is 0 Å². The Morgan fingerprint density at radius 3 is 1.97 bits per heavy atom. The number of rotatable bonds is 8. The molecule has 0 bridgehead atoms. The molecule has 1 amide bonds. The first-order valence-electron chi connectivity index (χ1n) is 10.0. The average Bonchev–Trinajstić information content (AvgIpc) is 2.66. The molecule has 1 atom stereocenters. The zero-order chi connectivity index (χ0) is 21.8. The van der Waals surface area contributed by atoms with E-state index in [9.17, 15) is 13.2 Å². The van der Waals surface area contributed by atoms with Crippen LogP contribution in [-0.4, -0.2) is 26.9 Å². The summed E-state index contributed by atoms with van der Waals surface area (Å²) in [6, 6.07) is 14.0. The first-order valence-corrected chi connectivity index (χ1v) is 11.4. The van der Waals surface area contributed by atoms with Crippen LogP contribution in [0.1, 0.15) is 51.7 Å². The molecular formula is C23H32N2O3S. The van der Waals surface area contributed by atoms with E-state index in [0.29, 0.717) is 11.6 Å². The van der Waals surface area contributed by atoms with Crippen molar-refractivity contribution in [3.05, 3.63) is 59.7 Å². The molecular weight excluding hydrogens is 384 g/mol. The standard InChI is InChI=1S/C23H32N2O3S/c1-16(2)19(6)24-23(26)15-25(21-11-9-20(10-12-21)17(3)4)29(27,28)22-13-7-18(5)8-14-22/h7-14,16-17,19H,15H2,1-6H3,(H,24,26). The van der Waals surface area contributed by atoms with Gasteiger partial charge >= 0.3 is 0 Å². The van der Waals surface area contributed by atoms with Crippen LogP contribution in [-0.2, 0) is 14.8 Å². The number of nitrogens with one attached hydrogen (secondary N) is 1. The number of benzene rings is 2. The van der Waals surface area contributed by atoms with Crippen molar-refractivity contribution in [3.63, 3.8) is 0 Å². The van der Waals surface area contributed by atoms with Crippen LogP contribution in [0.15, 0.2) is 53.4 Å². The highest BCUT2D eigenvalue weighted by molar-refractivity contribution is 7.92. The van der Waals surface area contributed by atoms with Gasteiger partial charge in [-0.3, -0.25) is 9.10 Å². The smallest absolute Gasteiger partial charge is 0.264 e. The maximum atomic E-state index is 13.4. The predicted molar refractivity (Wildman–Crippen MR) is 119 cm³/mol. The summed E-state index contributed by atoms with van der Waals surface area (Å²) in [6.07, 6.45) is 0. The van der Waals surface area contributed by atoms with Crippen molar-refractivity contribution >= 4 is 21.6 Å². The van der Waals surface area contributed by atoms with Gasteiger partial charge < -0.3 is 5.32 Å². The second-order valence-corrected chi connectivity index (χ2v) is 10.0. The maximum Gasteiger partial charge on any atom is 0.264 e. The minimum Gasteiger partial charge on any atom is -0.352 e. The lowest BCUT2D eigenvalue weighted by Crippen LogP contribution is -2.45. The van der Waals surface area contributed by atoms with Crippen LogP contribution in [0, 0.1) is 12.8 Å². The molecule has 0 heterocycles. The van der Waals surface area contributed by atoms with Gasteiger partial charge in [0, 0.05) is 6.04 Å². The van der Waals surface area contributed by atoms with Crippen LogP contribution in [0.5, 0.6) is 0 Å². The van der Waals surface area contributed by atoms with Gasteiger partial charge in [-0.1, -0.05) is 57.5 Å². The fourth-order valence-electron chi connectivity index (χ4n) is 2.77. The van der Waals surface area contributed by atoms with E-state index in [1.165, 1.54) is 4.31 Å². The summed E-state index contributed by atoms with van der Waals surface area (Å²) in [5.74, 6) is 0.266. The molecule has 0 aromatic heterocycles. The molecule has 0 aliphatic carbocycles. The van der Waals surface area contributed by atoms with Crippen molar-refractivity contribution in [3.8, 4) is 0 Å². The topological polar surface area (TPSA) is 66.5 Å². The highest BCUT2D eigenvalue weighted by atomic mass is 32.2. The van der Waals surface area contributed by atoms with Crippen molar-refractivity contribution in [2.24, 2.45) is 5.92 Å². The number of carbonyl (C=O) groups is 1.